The summed E-state index contributed by atoms with van der Waals surface area (Å²) in [5.74, 6) is 1.32. The number of aromatic amines is 1. The van der Waals surface area contributed by atoms with Crippen LogP contribution in [0.3, 0.4) is 0 Å². The molecule has 11 nitrogen and oxygen atoms in total. The van der Waals surface area contributed by atoms with Crippen LogP contribution in [-0.2, 0) is 11.3 Å². The Bertz CT molecular complexity index is 1610. The average molecular weight is 566 g/mol. The molecule has 1 saturated heterocycles. The quantitative estimate of drug-likeness (QED) is 0.336. The lowest BCUT2D eigenvalue weighted by Gasteiger charge is -2.30. The molecule has 0 radical (unpaired) electrons. The molecule has 2 aliphatic rings. The molecule has 12 heteroatoms. The van der Waals surface area contributed by atoms with Crippen molar-refractivity contribution in [3.63, 3.8) is 0 Å². The number of halogens is 1. The number of amides is 1. The van der Waals surface area contributed by atoms with Crippen molar-refractivity contribution < 1.29 is 10.7 Å². The Morgan fingerprint density at radius 3 is 2.83 bits per heavy atom. The molecule has 0 spiro atoms. The molecule has 2 fully saturated rings. The highest BCUT2D eigenvalue weighted by atomic mass is 35.5. The fourth-order valence-electron chi connectivity index (χ4n) is 6.03. The van der Waals surface area contributed by atoms with Gasteiger partial charge in [-0.2, -0.15) is 0 Å². The Hall–Kier alpha value is -3.73. The number of H-pyrrole nitrogens is 1. The molecule has 1 saturated carbocycles. The summed E-state index contributed by atoms with van der Waals surface area (Å²) >= 11 is 6.37. The summed E-state index contributed by atoms with van der Waals surface area (Å²) < 4.78 is 14.4. The van der Waals surface area contributed by atoms with Crippen molar-refractivity contribution in [2.24, 2.45) is 11.8 Å². The normalized spacial score (nSPS) is 21.6. The lowest BCUT2D eigenvalue weighted by Crippen LogP contribution is -2.44. The van der Waals surface area contributed by atoms with Crippen LogP contribution < -0.4 is 16.0 Å². The van der Waals surface area contributed by atoms with Gasteiger partial charge in [0.05, 0.1) is 21.7 Å². The number of carbonyl (C=O) groups excluding carboxylic acids is 1. The van der Waals surface area contributed by atoms with E-state index in [0.29, 0.717) is 58.9 Å². The molecule has 0 bridgehead atoms. The van der Waals surface area contributed by atoms with Crippen LogP contribution >= 0.6 is 11.6 Å². The van der Waals surface area contributed by atoms with Crippen LogP contribution in [0, 0.1) is 11.8 Å². The number of fused-ring (bicyclic) bond motifs is 1. The van der Waals surface area contributed by atoms with Gasteiger partial charge in [0.25, 0.3) is 0 Å². The van der Waals surface area contributed by atoms with E-state index in [1.54, 1.807) is 24.5 Å². The molecule has 5 heterocycles. The van der Waals surface area contributed by atoms with Crippen LogP contribution in [-0.4, -0.2) is 54.7 Å². The molecule has 210 valence electrons. The topological polar surface area (TPSA) is 135 Å². The van der Waals surface area contributed by atoms with Crippen LogP contribution in [0.1, 0.15) is 53.7 Å². The number of hydrogen-bond acceptors (Lipinski definition) is 8. The van der Waals surface area contributed by atoms with E-state index in [4.69, 9.17) is 27.5 Å². The van der Waals surface area contributed by atoms with Gasteiger partial charge in [0.15, 0.2) is 0 Å². The van der Waals surface area contributed by atoms with Crippen LogP contribution in [0.5, 0.6) is 0 Å². The highest BCUT2D eigenvalue weighted by molar-refractivity contribution is 6.30. The Morgan fingerprint density at radius 1 is 1.23 bits per heavy atom. The minimum Gasteiger partial charge on any atom is -0.355 e. The molecular weight excluding hydrogens is 532 g/mol. The minimum atomic E-state index is -0.677. The summed E-state index contributed by atoms with van der Waals surface area (Å²) in [6.45, 7) is 4.18. The second-order valence-electron chi connectivity index (χ2n) is 10.9. The van der Waals surface area contributed by atoms with E-state index in [2.05, 4.69) is 36.8 Å². The molecule has 1 amide bonds. The van der Waals surface area contributed by atoms with Gasteiger partial charge >= 0.3 is 5.76 Å². The van der Waals surface area contributed by atoms with Gasteiger partial charge in [0.2, 0.25) is 17.7 Å². The zero-order valence-corrected chi connectivity index (χ0v) is 23.2. The molecule has 40 heavy (non-hydrogen) atoms. The van der Waals surface area contributed by atoms with Crippen molar-refractivity contribution in [3.8, 4) is 22.8 Å². The van der Waals surface area contributed by atoms with Gasteiger partial charge in [-0.05, 0) is 56.6 Å². The van der Waals surface area contributed by atoms with Crippen LogP contribution in [0.2, 0.25) is 5.02 Å². The molecule has 0 unspecified atom stereocenters. The van der Waals surface area contributed by atoms with Gasteiger partial charge in [0, 0.05) is 39.0 Å². The van der Waals surface area contributed by atoms with Crippen molar-refractivity contribution in [1.82, 2.24) is 35.0 Å². The molecule has 4 aromatic rings. The number of imidazole rings is 1. The van der Waals surface area contributed by atoms with Crippen molar-refractivity contribution in [2.45, 2.75) is 64.9 Å². The van der Waals surface area contributed by atoms with E-state index in [1.807, 2.05) is 0 Å². The van der Waals surface area contributed by atoms with E-state index in [9.17, 15) is 9.59 Å². The zero-order valence-electron chi connectivity index (χ0n) is 23.4. The molecule has 2 N–H and O–H groups in total. The number of pyridine rings is 2. The SMILES string of the molecule is [2H]CCNC(=O)[C@@H]1CCCN1c1nc2cc(-c3noc(=O)[nH]3)nc(-c3cncc(Cl)c3)c2n1CC1CCC(C)CC1. The number of anilines is 1. The number of aromatic nitrogens is 6. The Balaban J connectivity index is 1.54. The summed E-state index contributed by atoms with van der Waals surface area (Å²) in [5.41, 5.74) is 3.17. The summed E-state index contributed by atoms with van der Waals surface area (Å²) in [6, 6.07) is 3.22. The maximum atomic E-state index is 13.1. The first-order chi connectivity index (χ1) is 19.9. The number of carbonyl (C=O) groups is 1. The van der Waals surface area contributed by atoms with Crippen LogP contribution in [0.4, 0.5) is 5.95 Å². The number of rotatable bonds is 7. The van der Waals surface area contributed by atoms with Crippen molar-refractivity contribution in [1.29, 1.82) is 0 Å². The second-order valence-corrected chi connectivity index (χ2v) is 11.3. The lowest BCUT2D eigenvalue weighted by molar-refractivity contribution is -0.122. The maximum Gasteiger partial charge on any atom is 0.439 e. The highest BCUT2D eigenvalue weighted by Crippen LogP contribution is 2.38. The second kappa shape index (κ2) is 11.0. The van der Waals surface area contributed by atoms with Crippen molar-refractivity contribution >= 4 is 34.5 Å². The Labute approximate surface area is 237 Å². The number of nitrogens with zero attached hydrogens (tertiary/aromatic N) is 6. The first-order valence-electron chi connectivity index (χ1n) is 14.5. The molecule has 0 aromatic carbocycles. The smallest absolute Gasteiger partial charge is 0.355 e. The van der Waals surface area contributed by atoms with Crippen molar-refractivity contribution in [3.05, 3.63) is 40.1 Å². The van der Waals surface area contributed by atoms with Gasteiger partial charge < -0.3 is 14.8 Å². The van der Waals surface area contributed by atoms with Gasteiger partial charge in [-0.3, -0.25) is 19.3 Å². The zero-order chi connectivity index (χ0) is 28.5. The van der Waals surface area contributed by atoms with Crippen molar-refractivity contribution in [2.75, 3.05) is 18.0 Å². The van der Waals surface area contributed by atoms with E-state index in [1.165, 1.54) is 12.8 Å². The van der Waals surface area contributed by atoms with Crippen LogP contribution in [0.25, 0.3) is 33.8 Å². The molecule has 1 aliphatic heterocycles. The molecule has 4 aromatic heterocycles. The first kappa shape index (κ1) is 25.3. The molecular formula is C28H33ClN8O3. The third kappa shape index (κ3) is 5.10. The lowest BCUT2D eigenvalue weighted by atomic mass is 9.83. The highest BCUT2D eigenvalue weighted by Gasteiger charge is 2.35. The predicted octanol–water partition coefficient (Wildman–Crippen LogP) is 4.42. The molecule has 1 atom stereocenters. The summed E-state index contributed by atoms with van der Waals surface area (Å²) in [4.78, 5) is 43.9. The van der Waals surface area contributed by atoms with E-state index >= 15 is 0 Å². The first-order valence-corrected chi connectivity index (χ1v) is 14.2. The minimum absolute atomic E-state index is 0.0851. The Morgan fingerprint density at radius 2 is 2.08 bits per heavy atom. The number of likely N-dealkylation sites (N-methyl/N-ethyl adjacent to an activating group) is 1. The monoisotopic (exact) mass is 565 g/mol. The fraction of sp³-hybridized carbons (Fsp3) is 0.500. The molecule has 6 rings (SSSR count). The molecule has 1 aliphatic carbocycles. The summed E-state index contributed by atoms with van der Waals surface area (Å²) in [5, 5.41) is 7.22. The summed E-state index contributed by atoms with van der Waals surface area (Å²) in [7, 11) is 0. The van der Waals surface area contributed by atoms with Crippen LogP contribution in [0.15, 0.2) is 33.8 Å². The number of nitrogens with one attached hydrogen (secondary N) is 2. The standard InChI is InChI=1S/C28H33ClN8O3/c1-3-31-26(38)22-5-4-10-36(22)27-33-20-12-21(25-34-28(39)40-35-25)32-23(18-11-19(29)14-30-13-18)24(20)37(27)15-17-8-6-16(2)7-9-17/h11-14,16-17,22H,3-10,15H2,1-2H3,(H,31,38)(H,34,35,39)/t16?,17?,22-/m0/s1/i1D. The van der Waals surface area contributed by atoms with E-state index < -0.39 is 5.76 Å². The predicted molar refractivity (Wildman–Crippen MR) is 152 cm³/mol. The van der Waals surface area contributed by atoms with E-state index in [0.717, 1.165) is 37.2 Å². The maximum absolute atomic E-state index is 13.1. The fourth-order valence-corrected chi connectivity index (χ4v) is 6.20. The van der Waals surface area contributed by atoms with Gasteiger partial charge in [-0.15, -0.1) is 0 Å². The third-order valence-electron chi connectivity index (χ3n) is 8.05. The largest absolute Gasteiger partial charge is 0.439 e. The average Bonchev–Trinajstić information content (AvgIpc) is 3.71. The third-order valence-corrected chi connectivity index (χ3v) is 8.26. The Kier molecular flexibility index (Phi) is 6.97. The van der Waals surface area contributed by atoms with Gasteiger partial charge in [-0.1, -0.05) is 36.5 Å². The van der Waals surface area contributed by atoms with Gasteiger partial charge in [0.1, 0.15) is 11.7 Å². The van der Waals surface area contributed by atoms with Gasteiger partial charge in [-0.25, -0.2) is 14.8 Å². The van der Waals surface area contributed by atoms with E-state index in [-0.39, 0.29) is 24.7 Å². The number of hydrogen-bond donors (Lipinski definition) is 2. The summed E-state index contributed by atoms with van der Waals surface area (Å²) in [6.07, 6.45) is 9.44.